The molecule has 2 aromatic carbocycles. The van der Waals surface area contributed by atoms with Gasteiger partial charge in [-0.25, -0.2) is 9.37 Å². The molecule has 2 saturated heterocycles. The van der Waals surface area contributed by atoms with E-state index in [0.717, 1.165) is 56.0 Å². The van der Waals surface area contributed by atoms with Crippen LogP contribution in [-0.4, -0.2) is 65.6 Å². The smallest absolute Gasteiger partial charge is 0.381 e. The molecule has 2 fully saturated rings. The number of nitrogens with one attached hydrogen (secondary N) is 2. The third-order valence-electron chi connectivity index (χ3n) is 10.0. The number of aryl methyl sites for hydroxylation is 1. The minimum atomic E-state index is -4.71. The first-order valence-corrected chi connectivity index (χ1v) is 17.8. The van der Waals surface area contributed by atoms with Crippen molar-refractivity contribution in [1.29, 1.82) is 0 Å². The molecule has 3 aliphatic rings. The van der Waals surface area contributed by atoms with Gasteiger partial charge in [-0.1, -0.05) is 0 Å². The number of ether oxygens (including phenoxy) is 1. The van der Waals surface area contributed by atoms with E-state index in [1.54, 1.807) is 36.5 Å². The predicted octanol–water partition coefficient (Wildman–Crippen LogP) is 7.30. The van der Waals surface area contributed by atoms with E-state index in [-0.39, 0.29) is 28.4 Å². The summed E-state index contributed by atoms with van der Waals surface area (Å²) >= 11 is 1.05. The molecule has 10 nitrogen and oxygen atoms in total. The molecule has 6 heterocycles. The molecule has 272 valence electrons. The van der Waals surface area contributed by atoms with E-state index < -0.39 is 29.4 Å². The lowest BCUT2D eigenvalue weighted by Crippen LogP contribution is -2.59. The van der Waals surface area contributed by atoms with Gasteiger partial charge in [0.2, 0.25) is 5.78 Å². The van der Waals surface area contributed by atoms with E-state index in [1.165, 1.54) is 23.1 Å². The van der Waals surface area contributed by atoms with Crippen molar-refractivity contribution in [2.24, 2.45) is 5.41 Å². The fourth-order valence-electron chi connectivity index (χ4n) is 7.22. The highest BCUT2D eigenvalue weighted by molar-refractivity contribution is 7.17. The summed E-state index contributed by atoms with van der Waals surface area (Å²) < 4.78 is 59.5. The Labute approximate surface area is 304 Å². The van der Waals surface area contributed by atoms with Crippen molar-refractivity contribution in [3.05, 3.63) is 111 Å². The van der Waals surface area contributed by atoms with Gasteiger partial charge in [0.1, 0.15) is 17.3 Å². The van der Waals surface area contributed by atoms with Crippen LogP contribution in [-0.2, 0) is 17.3 Å². The van der Waals surface area contributed by atoms with Crippen molar-refractivity contribution >= 4 is 46.1 Å². The molecule has 3 aromatic heterocycles. The van der Waals surface area contributed by atoms with Gasteiger partial charge >= 0.3 is 6.18 Å². The van der Waals surface area contributed by atoms with Crippen LogP contribution in [0.15, 0.2) is 66.9 Å². The Bertz CT molecular complexity index is 2250. The molecule has 0 unspecified atom stereocenters. The van der Waals surface area contributed by atoms with Gasteiger partial charge in [0.15, 0.2) is 5.69 Å². The molecule has 8 rings (SSSR count). The number of pyridine rings is 1. The number of hydrogen-bond acceptors (Lipinski definition) is 8. The maximum absolute atomic E-state index is 14.7. The normalized spacial score (nSPS) is 16.4. The number of aromatic nitrogens is 3. The first-order chi connectivity index (χ1) is 25.4. The first kappa shape index (κ1) is 34.7. The summed E-state index contributed by atoms with van der Waals surface area (Å²) in [5.74, 6) is -1.32. The second kappa shape index (κ2) is 13.2. The number of halogens is 4. The topological polar surface area (TPSA) is 121 Å². The fraction of sp³-hybridized carbons (Fsp3) is 0.289. The monoisotopic (exact) mass is 744 g/mol. The lowest BCUT2D eigenvalue weighted by atomic mass is 9.73. The molecule has 0 atom stereocenters. The summed E-state index contributed by atoms with van der Waals surface area (Å²) in [5, 5.41) is 8.32. The number of nitrogens with zero attached hydrogens (tertiary/aromatic N) is 4. The van der Waals surface area contributed by atoms with Crippen LogP contribution in [0.5, 0.6) is 0 Å². The molecule has 5 aromatic rings. The quantitative estimate of drug-likeness (QED) is 0.138. The molecule has 2 N–H and O–H groups in total. The van der Waals surface area contributed by atoms with E-state index in [2.05, 4.69) is 25.4 Å². The van der Waals surface area contributed by atoms with Crippen LogP contribution in [0.2, 0.25) is 0 Å². The number of H-pyrrole nitrogens is 1. The summed E-state index contributed by atoms with van der Waals surface area (Å²) in [4.78, 5) is 49.7. The number of benzene rings is 2. The number of anilines is 3. The number of thiophene rings is 1. The summed E-state index contributed by atoms with van der Waals surface area (Å²) in [7, 11) is 0. The molecule has 0 radical (unpaired) electrons. The van der Waals surface area contributed by atoms with Gasteiger partial charge < -0.3 is 19.9 Å². The first-order valence-electron chi connectivity index (χ1n) is 17.0. The zero-order chi connectivity index (χ0) is 37.1. The maximum Gasteiger partial charge on any atom is 0.435 e. The number of fused-ring (bicyclic) bond motifs is 3. The van der Waals surface area contributed by atoms with E-state index in [0.29, 0.717) is 56.8 Å². The predicted molar refractivity (Wildman–Crippen MR) is 190 cm³/mol. The lowest BCUT2D eigenvalue weighted by Gasteiger charge is -2.53. The summed E-state index contributed by atoms with van der Waals surface area (Å²) in [6.45, 7) is 5.14. The van der Waals surface area contributed by atoms with Gasteiger partial charge in [0.25, 0.3) is 11.8 Å². The minimum absolute atomic E-state index is 0.140. The Hall–Kier alpha value is -5.41. The molecule has 3 aliphatic heterocycles. The van der Waals surface area contributed by atoms with Crippen LogP contribution < -0.4 is 15.1 Å². The molecule has 1 spiro atoms. The number of amides is 2. The molecule has 0 aliphatic carbocycles. The lowest BCUT2D eigenvalue weighted by molar-refractivity contribution is -0.141. The minimum Gasteiger partial charge on any atom is -0.381 e. The standard InChI is InChI=1S/C38H32F4N6O4S/c1-21-14-27(34(43-18-21)47-19-37(20-47)9-12-52-13-10-37)35(50)44-25-5-2-22(3-6-25)36(51)48-11-8-23-15-30(32(49)28-17-31(46-45-28)38(40,41)42)53-33(23)26-7-4-24(39)16-29(26)48/h2-7,14-18H,8-13,19-20H2,1H3,(H,44,50)(H,45,46). The third kappa shape index (κ3) is 6.59. The van der Waals surface area contributed by atoms with Gasteiger partial charge in [-0.3, -0.25) is 19.5 Å². The highest BCUT2D eigenvalue weighted by Crippen LogP contribution is 2.44. The van der Waals surface area contributed by atoms with Crippen molar-refractivity contribution in [3.8, 4) is 10.4 Å². The average molecular weight is 745 g/mol. The SMILES string of the molecule is Cc1cnc(N2CC3(CCOCC3)C2)c(C(=O)Nc2ccc(C(=O)N3CCc4cc(C(=O)c5cc(C(F)(F)F)n[nH]5)sc4-c4ccc(F)cc43)cc2)c1. The Kier molecular flexibility index (Phi) is 8.65. The van der Waals surface area contributed by atoms with Crippen LogP contribution in [0.4, 0.5) is 34.8 Å². The number of carbonyl (C=O) groups is 3. The third-order valence-corrected chi connectivity index (χ3v) is 11.2. The number of hydrogen-bond donors (Lipinski definition) is 2. The zero-order valence-corrected chi connectivity index (χ0v) is 29.2. The number of rotatable bonds is 6. The molecule has 53 heavy (non-hydrogen) atoms. The number of alkyl halides is 3. The summed E-state index contributed by atoms with van der Waals surface area (Å²) in [5.41, 5.74) is 2.28. The van der Waals surface area contributed by atoms with Crippen LogP contribution in [0.25, 0.3) is 10.4 Å². The van der Waals surface area contributed by atoms with E-state index in [9.17, 15) is 31.9 Å². The second-order valence-electron chi connectivity index (χ2n) is 13.7. The van der Waals surface area contributed by atoms with Crippen molar-refractivity contribution in [1.82, 2.24) is 15.2 Å². The molecule has 0 bridgehead atoms. The molecular formula is C38H32F4N6O4S. The van der Waals surface area contributed by atoms with Crippen molar-refractivity contribution < 1.29 is 36.7 Å². The summed E-state index contributed by atoms with van der Waals surface area (Å²) in [6, 6.07) is 14.5. The maximum atomic E-state index is 14.7. The second-order valence-corrected chi connectivity index (χ2v) is 14.8. The number of aromatic amines is 1. The van der Waals surface area contributed by atoms with Gasteiger partial charge in [-0.15, -0.1) is 11.3 Å². The Balaban J connectivity index is 0.996. The van der Waals surface area contributed by atoms with Crippen molar-refractivity contribution in [2.45, 2.75) is 32.4 Å². The van der Waals surface area contributed by atoms with E-state index >= 15 is 0 Å². The van der Waals surface area contributed by atoms with Gasteiger partial charge in [0.05, 0.1) is 16.1 Å². The molecule has 2 amide bonds. The Morgan fingerprint density at radius 1 is 1.00 bits per heavy atom. The van der Waals surface area contributed by atoms with Crippen LogP contribution >= 0.6 is 11.3 Å². The van der Waals surface area contributed by atoms with Crippen molar-refractivity contribution in [3.63, 3.8) is 0 Å². The van der Waals surface area contributed by atoms with Crippen molar-refractivity contribution in [2.75, 3.05) is 48.0 Å². The van der Waals surface area contributed by atoms with Gasteiger partial charge in [0, 0.05) is 66.2 Å². The Morgan fingerprint density at radius 3 is 2.47 bits per heavy atom. The van der Waals surface area contributed by atoms with Gasteiger partial charge in [-0.2, -0.15) is 18.3 Å². The Morgan fingerprint density at radius 2 is 1.75 bits per heavy atom. The molecule has 15 heteroatoms. The fourth-order valence-corrected chi connectivity index (χ4v) is 8.42. The van der Waals surface area contributed by atoms with Crippen LogP contribution in [0.1, 0.15) is 65.7 Å². The highest BCUT2D eigenvalue weighted by Gasteiger charge is 2.45. The number of ketones is 1. The molecule has 0 saturated carbocycles. The van der Waals surface area contributed by atoms with Crippen LogP contribution in [0, 0.1) is 18.2 Å². The molecular weight excluding hydrogens is 713 g/mol. The van der Waals surface area contributed by atoms with Crippen LogP contribution in [0.3, 0.4) is 0 Å². The zero-order valence-electron chi connectivity index (χ0n) is 28.3. The average Bonchev–Trinajstić information content (AvgIpc) is 3.77. The van der Waals surface area contributed by atoms with Gasteiger partial charge in [-0.05, 0) is 98.0 Å². The largest absolute Gasteiger partial charge is 0.435 e. The van der Waals surface area contributed by atoms with E-state index in [1.807, 2.05) is 13.0 Å². The summed E-state index contributed by atoms with van der Waals surface area (Å²) in [6.07, 6.45) is -0.683. The van der Waals surface area contributed by atoms with E-state index in [4.69, 9.17) is 4.74 Å². The highest BCUT2D eigenvalue weighted by atomic mass is 32.1. The number of carbonyl (C=O) groups excluding carboxylic acids is 3.